The molecule has 0 saturated carbocycles. The highest BCUT2D eigenvalue weighted by molar-refractivity contribution is 5.76. The first kappa shape index (κ1) is 9.52. The molecule has 0 aliphatic carbocycles. The number of hydrogen-bond acceptors (Lipinski definition) is 3. The molecule has 12 heavy (non-hydrogen) atoms. The topological polar surface area (TPSA) is 38.3 Å². The van der Waals surface area contributed by atoms with Gasteiger partial charge in [-0.15, -0.1) is 0 Å². The molecule has 0 radical (unpaired) electrons. The van der Waals surface area contributed by atoms with E-state index in [2.05, 4.69) is 19.2 Å². The zero-order chi connectivity index (χ0) is 9.19. The van der Waals surface area contributed by atoms with Gasteiger partial charge < -0.3 is 10.1 Å². The van der Waals surface area contributed by atoms with Crippen molar-refractivity contribution < 1.29 is 9.53 Å². The van der Waals surface area contributed by atoms with Crippen LogP contribution >= 0.6 is 0 Å². The minimum absolute atomic E-state index is 0.0834. The summed E-state index contributed by atoms with van der Waals surface area (Å²) >= 11 is 0. The van der Waals surface area contributed by atoms with Crippen molar-refractivity contribution in [2.24, 2.45) is 5.41 Å². The van der Waals surface area contributed by atoms with Gasteiger partial charge in [0, 0.05) is 6.54 Å². The van der Waals surface area contributed by atoms with Crippen LogP contribution in [0.5, 0.6) is 0 Å². The van der Waals surface area contributed by atoms with E-state index in [1.807, 2.05) is 6.92 Å². The lowest BCUT2D eigenvalue weighted by molar-refractivity contribution is -0.145. The molecule has 0 aromatic heterocycles. The van der Waals surface area contributed by atoms with Crippen LogP contribution in [0, 0.1) is 5.41 Å². The third kappa shape index (κ3) is 2.21. The second kappa shape index (κ2) is 3.44. The number of rotatable bonds is 2. The van der Waals surface area contributed by atoms with Gasteiger partial charge in [-0.3, -0.25) is 4.79 Å². The van der Waals surface area contributed by atoms with Gasteiger partial charge in [0.05, 0.1) is 6.61 Å². The fraction of sp³-hybridized carbons (Fsp3) is 0.889. The number of esters is 1. The fourth-order valence-electron chi connectivity index (χ4n) is 1.51. The summed E-state index contributed by atoms with van der Waals surface area (Å²) in [5.74, 6) is -0.108. The van der Waals surface area contributed by atoms with Gasteiger partial charge in [0.2, 0.25) is 0 Å². The summed E-state index contributed by atoms with van der Waals surface area (Å²) in [5, 5.41) is 3.16. The van der Waals surface area contributed by atoms with Crippen LogP contribution in [0.4, 0.5) is 0 Å². The largest absolute Gasteiger partial charge is 0.465 e. The Balaban J connectivity index is 2.41. The van der Waals surface area contributed by atoms with Gasteiger partial charge in [0.1, 0.15) is 6.04 Å². The molecule has 0 unspecified atom stereocenters. The van der Waals surface area contributed by atoms with Gasteiger partial charge in [-0.05, 0) is 18.8 Å². The summed E-state index contributed by atoms with van der Waals surface area (Å²) in [6.07, 6.45) is 0.881. The Hall–Kier alpha value is -0.570. The van der Waals surface area contributed by atoms with Crippen molar-refractivity contribution >= 4 is 5.97 Å². The highest BCUT2D eigenvalue weighted by atomic mass is 16.5. The predicted molar refractivity (Wildman–Crippen MR) is 46.8 cm³/mol. The SMILES string of the molecule is CCOC(=O)[C@H]1CC(C)(C)CN1. The number of carbonyl (C=O) groups is 1. The molecule has 1 rings (SSSR count). The van der Waals surface area contributed by atoms with Gasteiger partial charge in [0.25, 0.3) is 0 Å². The lowest BCUT2D eigenvalue weighted by Gasteiger charge is -2.14. The second-order valence-corrected chi connectivity index (χ2v) is 4.05. The molecule has 1 fully saturated rings. The van der Waals surface area contributed by atoms with Crippen LogP contribution in [-0.4, -0.2) is 25.2 Å². The maximum absolute atomic E-state index is 11.2. The molecule has 1 atom stereocenters. The van der Waals surface area contributed by atoms with Crippen molar-refractivity contribution in [1.82, 2.24) is 5.32 Å². The predicted octanol–water partition coefficient (Wildman–Crippen LogP) is 0.938. The van der Waals surface area contributed by atoms with E-state index >= 15 is 0 Å². The highest BCUT2D eigenvalue weighted by Crippen LogP contribution is 2.27. The van der Waals surface area contributed by atoms with Crippen LogP contribution < -0.4 is 5.32 Å². The van der Waals surface area contributed by atoms with Gasteiger partial charge in [-0.1, -0.05) is 13.8 Å². The van der Waals surface area contributed by atoms with Gasteiger partial charge in [-0.25, -0.2) is 0 Å². The molecular formula is C9H17NO2. The Kier molecular flexibility index (Phi) is 2.73. The Morgan fingerprint density at radius 1 is 1.67 bits per heavy atom. The summed E-state index contributed by atoms with van der Waals surface area (Å²) in [6.45, 7) is 7.50. The van der Waals surface area contributed by atoms with Crippen molar-refractivity contribution in [2.45, 2.75) is 33.2 Å². The van der Waals surface area contributed by atoms with E-state index in [4.69, 9.17) is 4.74 Å². The third-order valence-electron chi connectivity index (χ3n) is 2.15. The Bertz CT molecular complexity index is 177. The van der Waals surface area contributed by atoms with Crippen molar-refractivity contribution in [3.63, 3.8) is 0 Å². The van der Waals surface area contributed by atoms with Crippen molar-refractivity contribution in [2.75, 3.05) is 13.2 Å². The highest BCUT2D eigenvalue weighted by Gasteiger charge is 2.35. The van der Waals surface area contributed by atoms with Gasteiger partial charge >= 0.3 is 5.97 Å². The van der Waals surface area contributed by atoms with Crippen LogP contribution in [0.15, 0.2) is 0 Å². The van der Waals surface area contributed by atoms with E-state index in [0.717, 1.165) is 13.0 Å². The molecule has 0 spiro atoms. The normalized spacial score (nSPS) is 27.1. The lowest BCUT2D eigenvalue weighted by Crippen LogP contribution is -2.32. The van der Waals surface area contributed by atoms with Crippen LogP contribution in [0.2, 0.25) is 0 Å². The van der Waals surface area contributed by atoms with Crippen molar-refractivity contribution in [1.29, 1.82) is 0 Å². The number of hydrogen-bond donors (Lipinski definition) is 1. The number of nitrogens with one attached hydrogen (secondary N) is 1. The summed E-state index contributed by atoms with van der Waals surface area (Å²) in [4.78, 5) is 11.2. The minimum Gasteiger partial charge on any atom is -0.465 e. The molecule has 1 saturated heterocycles. The molecule has 3 heteroatoms. The number of ether oxygens (including phenoxy) is 1. The summed E-state index contributed by atoms with van der Waals surface area (Å²) in [6, 6.07) is -0.0834. The standard InChI is InChI=1S/C9H17NO2/c1-4-12-8(11)7-5-9(2,3)6-10-7/h7,10H,4-6H2,1-3H3/t7-/m1/s1. The zero-order valence-corrected chi connectivity index (χ0v) is 8.02. The first-order valence-corrected chi connectivity index (χ1v) is 4.45. The summed E-state index contributed by atoms with van der Waals surface area (Å²) in [5.41, 5.74) is 0.234. The van der Waals surface area contributed by atoms with E-state index in [-0.39, 0.29) is 17.4 Å². The first-order valence-electron chi connectivity index (χ1n) is 4.45. The molecule has 0 amide bonds. The van der Waals surface area contributed by atoms with Crippen LogP contribution in [0.3, 0.4) is 0 Å². The molecule has 70 valence electrons. The van der Waals surface area contributed by atoms with E-state index in [1.54, 1.807) is 0 Å². The zero-order valence-electron chi connectivity index (χ0n) is 8.02. The lowest BCUT2D eigenvalue weighted by atomic mass is 9.91. The van der Waals surface area contributed by atoms with E-state index in [1.165, 1.54) is 0 Å². The average molecular weight is 171 g/mol. The van der Waals surface area contributed by atoms with Crippen molar-refractivity contribution in [3.05, 3.63) is 0 Å². The molecular weight excluding hydrogens is 154 g/mol. The van der Waals surface area contributed by atoms with Crippen molar-refractivity contribution in [3.8, 4) is 0 Å². The maximum atomic E-state index is 11.2. The Labute approximate surface area is 73.5 Å². The fourth-order valence-corrected chi connectivity index (χ4v) is 1.51. The molecule has 0 bridgehead atoms. The van der Waals surface area contributed by atoms with Crippen LogP contribution in [0.25, 0.3) is 0 Å². The molecule has 1 N–H and O–H groups in total. The first-order chi connectivity index (χ1) is 5.55. The quantitative estimate of drug-likeness (QED) is 0.628. The third-order valence-corrected chi connectivity index (χ3v) is 2.15. The Morgan fingerprint density at radius 3 is 2.75 bits per heavy atom. The average Bonchev–Trinajstić information content (AvgIpc) is 2.31. The number of carbonyl (C=O) groups excluding carboxylic acids is 1. The summed E-state index contributed by atoms with van der Waals surface area (Å²) < 4.78 is 4.92. The Morgan fingerprint density at radius 2 is 2.33 bits per heavy atom. The molecule has 1 aliphatic rings. The van der Waals surface area contributed by atoms with Crippen LogP contribution in [-0.2, 0) is 9.53 Å². The second-order valence-electron chi connectivity index (χ2n) is 4.05. The molecule has 0 aromatic carbocycles. The maximum Gasteiger partial charge on any atom is 0.323 e. The van der Waals surface area contributed by atoms with Gasteiger partial charge in [-0.2, -0.15) is 0 Å². The monoisotopic (exact) mass is 171 g/mol. The van der Waals surface area contributed by atoms with E-state index in [9.17, 15) is 4.79 Å². The van der Waals surface area contributed by atoms with E-state index in [0.29, 0.717) is 6.61 Å². The van der Waals surface area contributed by atoms with Gasteiger partial charge in [0.15, 0.2) is 0 Å². The molecule has 3 nitrogen and oxygen atoms in total. The molecule has 1 heterocycles. The van der Waals surface area contributed by atoms with Crippen LogP contribution in [0.1, 0.15) is 27.2 Å². The van der Waals surface area contributed by atoms with E-state index < -0.39 is 0 Å². The minimum atomic E-state index is -0.108. The smallest absolute Gasteiger partial charge is 0.323 e. The molecule has 0 aromatic rings. The molecule has 1 aliphatic heterocycles. The summed E-state index contributed by atoms with van der Waals surface area (Å²) in [7, 11) is 0.